The van der Waals surface area contributed by atoms with Crippen LogP contribution >= 0.6 is 0 Å². The minimum Gasteiger partial charge on any atom is -0.496 e. The van der Waals surface area contributed by atoms with Gasteiger partial charge < -0.3 is 14.4 Å². The van der Waals surface area contributed by atoms with Crippen molar-refractivity contribution in [2.45, 2.75) is 26.5 Å². The van der Waals surface area contributed by atoms with Crippen LogP contribution in [0.2, 0.25) is 0 Å². The Bertz CT molecular complexity index is 1010. The van der Waals surface area contributed by atoms with Gasteiger partial charge in [0.1, 0.15) is 18.1 Å². The lowest BCUT2D eigenvalue weighted by Crippen LogP contribution is -2.36. The van der Waals surface area contributed by atoms with Crippen molar-refractivity contribution < 1.29 is 14.3 Å². The first kappa shape index (κ1) is 19.1. The second-order valence-corrected chi connectivity index (χ2v) is 7.37. The van der Waals surface area contributed by atoms with Crippen LogP contribution in [0.5, 0.6) is 11.5 Å². The van der Waals surface area contributed by atoms with Crippen molar-refractivity contribution in [3.63, 3.8) is 0 Å². The summed E-state index contributed by atoms with van der Waals surface area (Å²) < 4.78 is 11.4. The fraction of sp³-hybridized carbons (Fsp3) is 0.240. The molecule has 4 heteroatoms. The van der Waals surface area contributed by atoms with Gasteiger partial charge in [-0.25, -0.2) is 0 Å². The molecule has 1 amide bonds. The molecule has 0 atom stereocenters. The third-order valence-corrected chi connectivity index (χ3v) is 5.36. The Hall–Kier alpha value is -3.27. The van der Waals surface area contributed by atoms with Crippen molar-refractivity contribution in [1.82, 2.24) is 4.90 Å². The van der Waals surface area contributed by atoms with Gasteiger partial charge in [0.2, 0.25) is 0 Å². The summed E-state index contributed by atoms with van der Waals surface area (Å²) in [5.41, 5.74) is 5.26. The van der Waals surface area contributed by atoms with Gasteiger partial charge >= 0.3 is 0 Å². The quantitative estimate of drug-likeness (QED) is 0.632. The van der Waals surface area contributed by atoms with Crippen LogP contribution in [-0.2, 0) is 19.6 Å². The lowest BCUT2D eigenvalue weighted by molar-refractivity contribution is 0.0734. The molecule has 0 N–H and O–H groups in total. The number of carbonyl (C=O) groups excluding carboxylic acids is 1. The number of fused-ring (bicyclic) bond motifs is 1. The highest BCUT2D eigenvalue weighted by molar-refractivity contribution is 5.94. The van der Waals surface area contributed by atoms with Crippen molar-refractivity contribution in [2.24, 2.45) is 0 Å². The molecule has 1 aliphatic rings. The molecule has 0 aliphatic carbocycles. The number of hydrogen-bond acceptors (Lipinski definition) is 3. The Balaban J connectivity index is 1.51. The van der Waals surface area contributed by atoms with E-state index in [1.807, 2.05) is 60.4 Å². The standard InChI is InChI=1S/C25H25NO3/c1-18-7-10-23(11-8-18)29-17-22-15-20(9-12-24(22)28-2)25(27)26-14-13-19-5-3-4-6-21(19)16-26/h3-12,15H,13-14,16-17H2,1-2H3. The molecular weight excluding hydrogens is 362 g/mol. The number of aryl methyl sites for hydroxylation is 1. The molecule has 0 fully saturated rings. The molecule has 0 unspecified atom stereocenters. The van der Waals surface area contributed by atoms with Gasteiger partial charge in [-0.2, -0.15) is 0 Å². The zero-order chi connectivity index (χ0) is 20.2. The van der Waals surface area contributed by atoms with Gasteiger partial charge in [-0.3, -0.25) is 4.79 Å². The lowest BCUT2D eigenvalue weighted by atomic mass is 9.99. The maximum absolute atomic E-state index is 13.1. The number of ether oxygens (including phenoxy) is 2. The van der Waals surface area contributed by atoms with Crippen LogP contribution in [0, 0.1) is 6.92 Å². The predicted molar refractivity (Wildman–Crippen MR) is 113 cm³/mol. The highest BCUT2D eigenvalue weighted by Gasteiger charge is 2.22. The third kappa shape index (κ3) is 4.27. The Labute approximate surface area is 171 Å². The molecule has 0 saturated carbocycles. The fourth-order valence-corrected chi connectivity index (χ4v) is 3.67. The third-order valence-electron chi connectivity index (χ3n) is 5.36. The smallest absolute Gasteiger partial charge is 0.254 e. The number of methoxy groups -OCH3 is 1. The summed E-state index contributed by atoms with van der Waals surface area (Å²) in [6, 6.07) is 21.8. The number of carbonyl (C=O) groups is 1. The maximum atomic E-state index is 13.1. The molecule has 3 aromatic carbocycles. The molecule has 4 nitrogen and oxygen atoms in total. The Kier molecular flexibility index (Phi) is 5.52. The van der Waals surface area contributed by atoms with E-state index in [0.717, 1.165) is 30.0 Å². The molecule has 29 heavy (non-hydrogen) atoms. The lowest BCUT2D eigenvalue weighted by Gasteiger charge is -2.29. The van der Waals surface area contributed by atoms with Crippen LogP contribution in [0.15, 0.2) is 66.7 Å². The van der Waals surface area contributed by atoms with E-state index in [1.165, 1.54) is 16.7 Å². The van der Waals surface area contributed by atoms with Gasteiger partial charge in [0, 0.05) is 24.2 Å². The van der Waals surface area contributed by atoms with E-state index in [4.69, 9.17) is 9.47 Å². The molecule has 0 radical (unpaired) electrons. The number of amides is 1. The zero-order valence-corrected chi connectivity index (χ0v) is 16.9. The summed E-state index contributed by atoms with van der Waals surface area (Å²) in [6.07, 6.45) is 0.890. The van der Waals surface area contributed by atoms with E-state index in [9.17, 15) is 4.79 Å². The van der Waals surface area contributed by atoms with Gasteiger partial charge in [-0.05, 0) is 54.8 Å². The van der Waals surface area contributed by atoms with Crippen molar-refractivity contribution in [1.29, 1.82) is 0 Å². The Morgan fingerprint density at radius 2 is 1.76 bits per heavy atom. The van der Waals surface area contributed by atoms with E-state index in [-0.39, 0.29) is 5.91 Å². The average Bonchev–Trinajstić information content (AvgIpc) is 2.77. The second-order valence-electron chi connectivity index (χ2n) is 7.37. The summed E-state index contributed by atoms with van der Waals surface area (Å²) >= 11 is 0. The average molecular weight is 387 g/mol. The van der Waals surface area contributed by atoms with Crippen LogP contribution in [-0.4, -0.2) is 24.5 Å². The van der Waals surface area contributed by atoms with Crippen LogP contribution in [0.3, 0.4) is 0 Å². The van der Waals surface area contributed by atoms with Crippen molar-refractivity contribution >= 4 is 5.91 Å². The van der Waals surface area contributed by atoms with E-state index in [0.29, 0.717) is 18.7 Å². The van der Waals surface area contributed by atoms with Gasteiger partial charge in [0.15, 0.2) is 0 Å². The topological polar surface area (TPSA) is 38.8 Å². The highest BCUT2D eigenvalue weighted by Crippen LogP contribution is 2.25. The largest absolute Gasteiger partial charge is 0.496 e. The fourth-order valence-electron chi connectivity index (χ4n) is 3.67. The molecule has 0 aromatic heterocycles. The van der Waals surface area contributed by atoms with E-state index in [1.54, 1.807) is 7.11 Å². The monoisotopic (exact) mass is 387 g/mol. The maximum Gasteiger partial charge on any atom is 0.254 e. The normalized spacial score (nSPS) is 13.0. The first-order valence-corrected chi connectivity index (χ1v) is 9.86. The SMILES string of the molecule is COc1ccc(C(=O)N2CCc3ccccc3C2)cc1COc1ccc(C)cc1. The minimum atomic E-state index is 0.0405. The van der Waals surface area contributed by atoms with Gasteiger partial charge in [0.05, 0.1) is 7.11 Å². The first-order valence-electron chi connectivity index (χ1n) is 9.86. The molecule has 148 valence electrons. The summed E-state index contributed by atoms with van der Waals surface area (Å²) in [5.74, 6) is 1.55. The molecule has 4 rings (SSSR count). The van der Waals surface area contributed by atoms with E-state index >= 15 is 0 Å². The van der Waals surface area contributed by atoms with Gasteiger partial charge in [-0.15, -0.1) is 0 Å². The second kappa shape index (κ2) is 8.39. The molecule has 3 aromatic rings. The van der Waals surface area contributed by atoms with Crippen molar-refractivity contribution in [3.05, 3.63) is 94.5 Å². The number of nitrogens with zero attached hydrogens (tertiary/aromatic N) is 1. The first-order chi connectivity index (χ1) is 14.1. The molecule has 0 bridgehead atoms. The molecule has 1 heterocycles. The summed E-state index contributed by atoms with van der Waals surface area (Å²) in [7, 11) is 1.63. The molecule has 0 spiro atoms. The van der Waals surface area contributed by atoms with Gasteiger partial charge in [0.25, 0.3) is 5.91 Å². The number of rotatable bonds is 5. The molecule has 1 aliphatic heterocycles. The van der Waals surface area contributed by atoms with Crippen LogP contribution in [0.25, 0.3) is 0 Å². The van der Waals surface area contributed by atoms with E-state index < -0.39 is 0 Å². The van der Waals surface area contributed by atoms with Crippen molar-refractivity contribution in [2.75, 3.05) is 13.7 Å². The minimum absolute atomic E-state index is 0.0405. The Morgan fingerprint density at radius 1 is 1.00 bits per heavy atom. The number of benzene rings is 3. The predicted octanol–water partition coefficient (Wildman–Crippen LogP) is 4.78. The Morgan fingerprint density at radius 3 is 2.52 bits per heavy atom. The summed E-state index contributed by atoms with van der Waals surface area (Å²) in [4.78, 5) is 15.0. The number of hydrogen-bond donors (Lipinski definition) is 0. The zero-order valence-electron chi connectivity index (χ0n) is 16.9. The van der Waals surface area contributed by atoms with E-state index in [2.05, 4.69) is 18.2 Å². The van der Waals surface area contributed by atoms with Crippen molar-refractivity contribution in [3.8, 4) is 11.5 Å². The van der Waals surface area contributed by atoms with Crippen LogP contribution in [0.1, 0.15) is 32.6 Å². The molecule has 0 saturated heterocycles. The van der Waals surface area contributed by atoms with Crippen LogP contribution in [0.4, 0.5) is 0 Å². The van der Waals surface area contributed by atoms with Crippen LogP contribution < -0.4 is 9.47 Å². The van der Waals surface area contributed by atoms with Gasteiger partial charge in [-0.1, -0.05) is 42.0 Å². The molecular formula is C25H25NO3. The summed E-state index contributed by atoms with van der Waals surface area (Å²) in [6.45, 7) is 3.77. The highest BCUT2D eigenvalue weighted by atomic mass is 16.5. The summed E-state index contributed by atoms with van der Waals surface area (Å²) in [5, 5.41) is 0.